The molecule has 0 aliphatic carbocycles. The van der Waals surface area contributed by atoms with Crippen molar-refractivity contribution in [2.24, 2.45) is 0 Å². The van der Waals surface area contributed by atoms with Gasteiger partial charge in [0.1, 0.15) is 5.75 Å². The fourth-order valence-corrected chi connectivity index (χ4v) is 3.04. The molecule has 1 aliphatic heterocycles. The lowest BCUT2D eigenvalue weighted by Gasteiger charge is -2.33. The van der Waals surface area contributed by atoms with Gasteiger partial charge in [0.25, 0.3) is 5.91 Å². The van der Waals surface area contributed by atoms with Gasteiger partial charge in [0.2, 0.25) is 0 Å². The van der Waals surface area contributed by atoms with E-state index < -0.39 is 0 Å². The molecule has 1 atom stereocenters. The highest BCUT2D eigenvalue weighted by atomic mass is 35.5. The van der Waals surface area contributed by atoms with Gasteiger partial charge in [-0.1, -0.05) is 48.5 Å². The van der Waals surface area contributed by atoms with Crippen LogP contribution in [0.15, 0.2) is 54.6 Å². The molecule has 0 unspecified atom stereocenters. The number of benzene rings is 2. The lowest BCUT2D eigenvalue weighted by atomic mass is 10.0. The summed E-state index contributed by atoms with van der Waals surface area (Å²) >= 11 is 0. The zero-order valence-corrected chi connectivity index (χ0v) is 15.3. The maximum Gasteiger partial charge on any atom is 0.260 e. The predicted molar refractivity (Wildman–Crippen MR) is 102 cm³/mol. The van der Waals surface area contributed by atoms with Gasteiger partial charge in [-0.15, -0.1) is 12.4 Å². The monoisotopic (exact) mass is 360 g/mol. The van der Waals surface area contributed by atoms with Crippen molar-refractivity contribution >= 4 is 18.3 Å². The van der Waals surface area contributed by atoms with Gasteiger partial charge < -0.3 is 15.0 Å². The quantitative estimate of drug-likeness (QED) is 0.891. The van der Waals surface area contributed by atoms with Gasteiger partial charge in [-0.05, 0) is 24.1 Å². The minimum atomic E-state index is 0. The zero-order chi connectivity index (χ0) is 16.8. The van der Waals surface area contributed by atoms with Crippen LogP contribution in [0.5, 0.6) is 5.75 Å². The number of ether oxygens (including phenoxy) is 1. The third-order valence-corrected chi connectivity index (χ3v) is 4.38. The Balaban J connectivity index is 0.00000225. The van der Waals surface area contributed by atoms with Crippen LogP contribution >= 0.6 is 12.4 Å². The van der Waals surface area contributed by atoms with E-state index in [-0.39, 0.29) is 31.0 Å². The van der Waals surface area contributed by atoms with Gasteiger partial charge in [-0.3, -0.25) is 4.79 Å². The van der Waals surface area contributed by atoms with Crippen molar-refractivity contribution in [1.29, 1.82) is 0 Å². The third-order valence-electron chi connectivity index (χ3n) is 4.38. The predicted octanol–water partition coefficient (Wildman–Crippen LogP) is 2.90. The fourth-order valence-electron chi connectivity index (χ4n) is 3.04. The Kier molecular flexibility index (Phi) is 7.29. The molecular formula is C20H25ClN2O2. The van der Waals surface area contributed by atoms with E-state index in [4.69, 9.17) is 4.74 Å². The van der Waals surface area contributed by atoms with Crippen LogP contribution in [-0.2, 0) is 11.2 Å². The molecule has 1 saturated heterocycles. The largest absolute Gasteiger partial charge is 0.483 e. The Morgan fingerprint density at radius 3 is 2.64 bits per heavy atom. The highest BCUT2D eigenvalue weighted by Gasteiger charge is 2.23. The second-order valence-corrected chi connectivity index (χ2v) is 6.20. The maximum atomic E-state index is 12.4. The van der Waals surface area contributed by atoms with E-state index in [1.807, 2.05) is 41.3 Å². The number of halogens is 1. The Bertz CT molecular complexity index is 678. The third kappa shape index (κ3) is 5.21. The van der Waals surface area contributed by atoms with Crippen molar-refractivity contribution in [2.45, 2.75) is 19.4 Å². The molecule has 1 heterocycles. The minimum Gasteiger partial charge on any atom is -0.483 e. The van der Waals surface area contributed by atoms with Crippen molar-refractivity contribution in [3.63, 3.8) is 0 Å². The fraction of sp³-hybridized carbons (Fsp3) is 0.350. The molecule has 134 valence electrons. The number of hydrogen-bond donors (Lipinski definition) is 1. The van der Waals surface area contributed by atoms with Gasteiger partial charge in [0, 0.05) is 32.1 Å². The summed E-state index contributed by atoms with van der Waals surface area (Å²) in [5, 5.41) is 3.29. The number of carbonyl (C=O) groups excluding carboxylic acids is 1. The van der Waals surface area contributed by atoms with Crippen LogP contribution in [0.2, 0.25) is 0 Å². The molecule has 0 saturated carbocycles. The molecule has 4 nitrogen and oxygen atoms in total. The van der Waals surface area contributed by atoms with Crippen molar-refractivity contribution in [3.8, 4) is 5.75 Å². The smallest absolute Gasteiger partial charge is 0.260 e. The van der Waals surface area contributed by atoms with Gasteiger partial charge in [0.05, 0.1) is 0 Å². The summed E-state index contributed by atoms with van der Waals surface area (Å²) in [4.78, 5) is 14.3. The first-order valence-electron chi connectivity index (χ1n) is 8.49. The van der Waals surface area contributed by atoms with Crippen LogP contribution in [0.3, 0.4) is 0 Å². The van der Waals surface area contributed by atoms with Crippen LogP contribution in [0, 0.1) is 0 Å². The van der Waals surface area contributed by atoms with Crippen molar-refractivity contribution in [3.05, 3.63) is 65.7 Å². The van der Waals surface area contributed by atoms with E-state index in [9.17, 15) is 4.79 Å². The molecule has 2 aromatic rings. The van der Waals surface area contributed by atoms with Crippen LogP contribution in [0.25, 0.3) is 0 Å². The SMILES string of the molecule is C[C@H]1CNCCN1C(=O)COc1ccccc1Cc1ccccc1.Cl. The Morgan fingerprint density at radius 1 is 1.16 bits per heavy atom. The standard InChI is InChI=1S/C20H24N2O2.ClH/c1-16-14-21-11-12-22(16)20(23)15-24-19-10-6-5-9-18(19)13-17-7-3-2-4-8-17;/h2-10,16,21H,11-15H2,1H3;1H/t16-;/m0./s1. The Labute approximate surface area is 155 Å². The molecule has 5 heteroatoms. The lowest BCUT2D eigenvalue weighted by Crippen LogP contribution is -2.53. The molecule has 1 N–H and O–H groups in total. The number of nitrogens with one attached hydrogen (secondary N) is 1. The van der Waals surface area contributed by atoms with Gasteiger partial charge in [-0.2, -0.15) is 0 Å². The van der Waals surface area contributed by atoms with Crippen molar-refractivity contribution < 1.29 is 9.53 Å². The summed E-state index contributed by atoms with van der Waals surface area (Å²) in [5.74, 6) is 0.844. The number of piperazine rings is 1. The van der Waals surface area contributed by atoms with Gasteiger partial charge in [0.15, 0.2) is 6.61 Å². The molecule has 3 rings (SSSR count). The average Bonchev–Trinajstić information content (AvgIpc) is 2.62. The van der Waals surface area contributed by atoms with Crippen LogP contribution in [0.4, 0.5) is 0 Å². The number of para-hydroxylation sites is 1. The molecule has 25 heavy (non-hydrogen) atoms. The molecule has 0 radical (unpaired) electrons. The van der Waals surface area contributed by atoms with Crippen LogP contribution in [-0.4, -0.2) is 43.1 Å². The molecule has 0 aromatic heterocycles. The summed E-state index contributed by atoms with van der Waals surface area (Å²) < 4.78 is 5.86. The zero-order valence-electron chi connectivity index (χ0n) is 14.5. The molecule has 0 bridgehead atoms. The number of hydrogen-bond acceptors (Lipinski definition) is 3. The summed E-state index contributed by atoms with van der Waals surface area (Å²) in [6.07, 6.45) is 0.801. The van der Waals surface area contributed by atoms with E-state index in [2.05, 4.69) is 30.4 Å². The summed E-state index contributed by atoms with van der Waals surface area (Å²) in [6.45, 7) is 4.59. The summed E-state index contributed by atoms with van der Waals surface area (Å²) in [7, 11) is 0. The highest BCUT2D eigenvalue weighted by molar-refractivity contribution is 5.85. The number of nitrogens with zero attached hydrogens (tertiary/aromatic N) is 1. The second-order valence-electron chi connectivity index (χ2n) is 6.20. The first-order chi connectivity index (χ1) is 11.7. The minimum absolute atomic E-state index is 0. The number of amides is 1. The van der Waals surface area contributed by atoms with E-state index in [1.165, 1.54) is 5.56 Å². The topological polar surface area (TPSA) is 41.6 Å². The Hall–Kier alpha value is -2.04. The van der Waals surface area contributed by atoms with Crippen LogP contribution in [0.1, 0.15) is 18.1 Å². The molecule has 0 spiro atoms. The van der Waals surface area contributed by atoms with Crippen molar-refractivity contribution in [2.75, 3.05) is 26.2 Å². The molecular weight excluding hydrogens is 336 g/mol. The number of rotatable bonds is 5. The summed E-state index contributed by atoms with van der Waals surface area (Å²) in [5.41, 5.74) is 2.33. The molecule has 1 fully saturated rings. The van der Waals surface area contributed by atoms with Gasteiger partial charge in [-0.25, -0.2) is 0 Å². The van der Waals surface area contributed by atoms with E-state index >= 15 is 0 Å². The number of carbonyl (C=O) groups is 1. The first-order valence-corrected chi connectivity index (χ1v) is 8.49. The lowest BCUT2D eigenvalue weighted by molar-refractivity contribution is -0.136. The van der Waals surface area contributed by atoms with Crippen molar-refractivity contribution in [1.82, 2.24) is 10.2 Å². The molecule has 2 aromatic carbocycles. The molecule has 1 aliphatic rings. The van der Waals surface area contributed by atoms with Gasteiger partial charge >= 0.3 is 0 Å². The second kappa shape index (κ2) is 9.44. The first kappa shape index (κ1) is 19.3. The summed E-state index contributed by atoms with van der Waals surface area (Å²) in [6, 6.07) is 18.4. The van der Waals surface area contributed by atoms with Crippen LogP contribution < -0.4 is 10.1 Å². The van der Waals surface area contributed by atoms with E-state index in [0.29, 0.717) is 0 Å². The maximum absolute atomic E-state index is 12.4. The highest BCUT2D eigenvalue weighted by Crippen LogP contribution is 2.21. The Morgan fingerprint density at radius 2 is 1.88 bits per heavy atom. The normalized spacial score (nSPS) is 16.8. The average molecular weight is 361 g/mol. The molecule has 1 amide bonds. The van der Waals surface area contributed by atoms with E-state index in [1.54, 1.807) is 0 Å². The van der Waals surface area contributed by atoms with E-state index in [0.717, 1.165) is 37.4 Å².